The number of hydrogen-bond donors (Lipinski definition) is 2. The van der Waals surface area contributed by atoms with Gasteiger partial charge in [-0.1, -0.05) is 0 Å². The van der Waals surface area contributed by atoms with E-state index in [1.807, 2.05) is 23.6 Å². The normalized spacial score (nSPS) is 12.9. The van der Waals surface area contributed by atoms with Crippen molar-refractivity contribution < 1.29 is 0 Å². The van der Waals surface area contributed by atoms with E-state index in [1.165, 1.54) is 21.0 Å². The van der Waals surface area contributed by atoms with Gasteiger partial charge in [-0.05, 0) is 44.5 Å². The molecule has 0 aromatic carbocycles. The van der Waals surface area contributed by atoms with E-state index in [0.29, 0.717) is 6.04 Å². The topological polar surface area (TPSA) is 27.8 Å². The van der Waals surface area contributed by atoms with Gasteiger partial charge in [0.25, 0.3) is 0 Å². The lowest BCUT2D eigenvalue weighted by Gasteiger charge is -2.13. The van der Waals surface area contributed by atoms with Gasteiger partial charge in [0, 0.05) is 34.2 Å². The largest absolute Gasteiger partial charge is 0.364 e. The average molecular weight is 234 g/mol. The fraction of sp³-hybridized carbons (Fsp3) is 0.385. The molecule has 2 aromatic rings. The van der Waals surface area contributed by atoms with Crippen molar-refractivity contribution in [3.05, 3.63) is 45.4 Å². The second kappa shape index (κ2) is 4.85. The van der Waals surface area contributed by atoms with Gasteiger partial charge in [0.05, 0.1) is 0 Å². The Morgan fingerprint density at radius 3 is 2.81 bits per heavy atom. The summed E-state index contributed by atoms with van der Waals surface area (Å²) in [7, 11) is 0. The molecule has 0 aliphatic carbocycles. The summed E-state index contributed by atoms with van der Waals surface area (Å²) in [6, 6.07) is 6.83. The van der Waals surface area contributed by atoms with Gasteiger partial charge in [-0.3, -0.25) is 0 Å². The summed E-state index contributed by atoms with van der Waals surface area (Å²) < 4.78 is 0. The molecule has 86 valence electrons. The second-order valence-corrected chi connectivity index (χ2v) is 5.63. The van der Waals surface area contributed by atoms with Crippen molar-refractivity contribution in [2.75, 3.05) is 0 Å². The Bertz CT molecular complexity index is 442. The van der Waals surface area contributed by atoms with E-state index in [1.54, 1.807) is 0 Å². The maximum atomic E-state index is 3.53. The summed E-state index contributed by atoms with van der Waals surface area (Å²) in [6.07, 6.45) is 1.96. The standard InChI is InChI=1S/C13H18N2S/c1-9-7-13(11(3)16-9)10(2)15-8-12-5-4-6-14-12/h4-7,10,14-15H,8H2,1-3H3. The highest BCUT2D eigenvalue weighted by Crippen LogP contribution is 2.26. The van der Waals surface area contributed by atoms with E-state index in [-0.39, 0.29) is 0 Å². The predicted molar refractivity (Wildman–Crippen MR) is 69.8 cm³/mol. The van der Waals surface area contributed by atoms with Gasteiger partial charge in [0.2, 0.25) is 0 Å². The second-order valence-electron chi connectivity index (χ2n) is 4.17. The van der Waals surface area contributed by atoms with Crippen LogP contribution >= 0.6 is 11.3 Å². The Labute approximate surface area is 101 Å². The molecule has 16 heavy (non-hydrogen) atoms. The van der Waals surface area contributed by atoms with Crippen molar-refractivity contribution in [3.8, 4) is 0 Å². The molecule has 2 aromatic heterocycles. The predicted octanol–water partition coefficient (Wildman–Crippen LogP) is 3.54. The SMILES string of the molecule is Cc1cc(C(C)NCc2ccc[nH]2)c(C)s1. The Morgan fingerprint density at radius 1 is 1.44 bits per heavy atom. The lowest BCUT2D eigenvalue weighted by Crippen LogP contribution is -2.18. The molecule has 0 spiro atoms. The van der Waals surface area contributed by atoms with Crippen LogP contribution in [0.15, 0.2) is 24.4 Å². The van der Waals surface area contributed by atoms with Crippen LogP contribution in [0.2, 0.25) is 0 Å². The summed E-state index contributed by atoms with van der Waals surface area (Å²) >= 11 is 1.87. The van der Waals surface area contributed by atoms with Crippen molar-refractivity contribution in [1.29, 1.82) is 0 Å². The number of hydrogen-bond acceptors (Lipinski definition) is 2. The average Bonchev–Trinajstić information content (AvgIpc) is 2.84. The monoisotopic (exact) mass is 234 g/mol. The molecule has 0 radical (unpaired) electrons. The van der Waals surface area contributed by atoms with Gasteiger partial charge in [0.15, 0.2) is 0 Å². The number of nitrogens with one attached hydrogen (secondary N) is 2. The summed E-state index contributed by atoms with van der Waals surface area (Å²) in [6.45, 7) is 7.47. The Hall–Kier alpha value is -1.06. The fourth-order valence-corrected chi connectivity index (χ4v) is 2.95. The van der Waals surface area contributed by atoms with E-state index in [0.717, 1.165) is 6.54 Å². The van der Waals surface area contributed by atoms with Crippen LogP contribution in [0.1, 0.15) is 34.0 Å². The van der Waals surface area contributed by atoms with Gasteiger partial charge in [0.1, 0.15) is 0 Å². The molecule has 2 rings (SSSR count). The first-order chi connectivity index (χ1) is 7.66. The number of aryl methyl sites for hydroxylation is 2. The number of H-pyrrole nitrogens is 1. The van der Waals surface area contributed by atoms with E-state index in [9.17, 15) is 0 Å². The van der Waals surface area contributed by atoms with Crippen LogP contribution in [0.3, 0.4) is 0 Å². The minimum atomic E-state index is 0.410. The highest BCUT2D eigenvalue weighted by molar-refractivity contribution is 7.12. The summed E-state index contributed by atoms with van der Waals surface area (Å²) in [5.41, 5.74) is 2.66. The third-order valence-corrected chi connectivity index (χ3v) is 3.79. The quantitative estimate of drug-likeness (QED) is 0.832. The van der Waals surface area contributed by atoms with Crippen molar-refractivity contribution in [3.63, 3.8) is 0 Å². The zero-order chi connectivity index (χ0) is 11.5. The minimum absolute atomic E-state index is 0.410. The van der Waals surface area contributed by atoms with Crippen molar-refractivity contribution in [2.24, 2.45) is 0 Å². The third-order valence-electron chi connectivity index (χ3n) is 2.81. The smallest absolute Gasteiger partial charge is 0.0362 e. The maximum Gasteiger partial charge on any atom is 0.0362 e. The minimum Gasteiger partial charge on any atom is -0.364 e. The first-order valence-corrected chi connectivity index (χ1v) is 6.41. The van der Waals surface area contributed by atoms with Crippen LogP contribution in [-0.2, 0) is 6.54 Å². The molecule has 0 amide bonds. The molecular weight excluding hydrogens is 216 g/mol. The van der Waals surface area contributed by atoms with Gasteiger partial charge < -0.3 is 10.3 Å². The van der Waals surface area contributed by atoms with Crippen LogP contribution in [-0.4, -0.2) is 4.98 Å². The van der Waals surface area contributed by atoms with Gasteiger partial charge >= 0.3 is 0 Å². The molecule has 0 fully saturated rings. The highest BCUT2D eigenvalue weighted by atomic mass is 32.1. The number of rotatable bonds is 4. The molecule has 2 N–H and O–H groups in total. The zero-order valence-electron chi connectivity index (χ0n) is 10.0. The number of aromatic amines is 1. The highest BCUT2D eigenvalue weighted by Gasteiger charge is 2.10. The molecule has 0 aliphatic heterocycles. The zero-order valence-corrected chi connectivity index (χ0v) is 10.8. The van der Waals surface area contributed by atoms with E-state index < -0.39 is 0 Å². The van der Waals surface area contributed by atoms with Gasteiger partial charge in [-0.15, -0.1) is 11.3 Å². The Kier molecular flexibility index (Phi) is 3.46. The number of aromatic nitrogens is 1. The van der Waals surface area contributed by atoms with Crippen molar-refractivity contribution in [2.45, 2.75) is 33.4 Å². The lowest BCUT2D eigenvalue weighted by molar-refractivity contribution is 0.568. The molecule has 0 bridgehead atoms. The number of thiophene rings is 1. The molecular formula is C13H18N2S. The Morgan fingerprint density at radius 2 is 2.25 bits per heavy atom. The van der Waals surface area contributed by atoms with E-state index in [4.69, 9.17) is 0 Å². The van der Waals surface area contributed by atoms with Gasteiger partial charge in [-0.2, -0.15) is 0 Å². The Balaban J connectivity index is 1.98. The molecule has 0 saturated carbocycles. The molecule has 0 aliphatic rings. The van der Waals surface area contributed by atoms with Crippen molar-refractivity contribution >= 4 is 11.3 Å². The van der Waals surface area contributed by atoms with E-state index in [2.05, 4.69) is 43.2 Å². The molecule has 3 heteroatoms. The van der Waals surface area contributed by atoms with Crippen molar-refractivity contribution in [1.82, 2.24) is 10.3 Å². The molecule has 1 atom stereocenters. The first-order valence-electron chi connectivity index (χ1n) is 5.59. The van der Waals surface area contributed by atoms with Crippen LogP contribution < -0.4 is 5.32 Å². The van der Waals surface area contributed by atoms with Crippen LogP contribution in [0, 0.1) is 13.8 Å². The summed E-state index contributed by atoms with van der Waals surface area (Å²) in [4.78, 5) is 6.01. The molecule has 2 heterocycles. The first kappa shape index (κ1) is 11.4. The fourth-order valence-electron chi connectivity index (χ4n) is 1.93. The van der Waals surface area contributed by atoms with Crippen LogP contribution in [0.25, 0.3) is 0 Å². The lowest BCUT2D eigenvalue weighted by atomic mass is 10.1. The summed E-state index contributed by atoms with van der Waals surface area (Å²) in [5, 5.41) is 3.53. The van der Waals surface area contributed by atoms with Crippen LogP contribution in [0.4, 0.5) is 0 Å². The molecule has 0 saturated heterocycles. The summed E-state index contributed by atoms with van der Waals surface area (Å²) in [5.74, 6) is 0. The molecule has 2 nitrogen and oxygen atoms in total. The van der Waals surface area contributed by atoms with Gasteiger partial charge in [-0.25, -0.2) is 0 Å². The molecule has 1 unspecified atom stereocenters. The van der Waals surface area contributed by atoms with E-state index >= 15 is 0 Å². The maximum absolute atomic E-state index is 3.53. The van der Waals surface area contributed by atoms with Crippen LogP contribution in [0.5, 0.6) is 0 Å². The third kappa shape index (κ3) is 2.54.